The molecular weight excluding hydrogens is 328 g/mol. The van der Waals surface area contributed by atoms with Crippen LogP contribution in [-0.4, -0.2) is 32.9 Å². The van der Waals surface area contributed by atoms with Crippen molar-refractivity contribution in [3.05, 3.63) is 40.6 Å². The van der Waals surface area contributed by atoms with Gasteiger partial charge in [-0.1, -0.05) is 19.1 Å². The first-order valence-electron chi connectivity index (χ1n) is 7.26. The molecule has 0 spiro atoms. The molecule has 0 fully saturated rings. The number of aliphatic carboxylic acids is 1. The number of aromatic amines is 1. The molecule has 1 heterocycles. The van der Waals surface area contributed by atoms with Crippen LogP contribution < -0.4 is 4.74 Å². The summed E-state index contributed by atoms with van der Waals surface area (Å²) in [4.78, 5) is 15.8. The van der Waals surface area contributed by atoms with Gasteiger partial charge < -0.3 is 9.84 Å². The van der Waals surface area contributed by atoms with E-state index in [-0.39, 0.29) is 11.5 Å². The summed E-state index contributed by atoms with van der Waals surface area (Å²) in [6, 6.07) is 8.74. The highest BCUT2D eigenvalue weighted by Gasteiger charge is 2.13. The van der Waals surface area contributed by atoms with Crippen molar-refractivity contribution in [3.8, 4) is 11.8 Å². The van der Waals surface area contributed by atoms with Crippen LogP contribution in [0.25, 0.3) is 6.08 Å². The third-order valence-corrected chi connectivity index (χ3v) is 3.75. The molecule has 0 amide bonds. The number of hydrogen-bond donors (Lipinski definition) is 2. The molecule has 0 aliphatic heterocycles. The van der Waals surface area contributed by atoms with Crippen molar-refractivity contribution >= 4 is 23.8 Å². The highest BCUT2D eigenvalue weighted by Crippen LogP contribution is 2.26. The average Bonchev–Trinajstić information content (AvgIpc) is 3.00. The summed E-state index contributed by atoms with van der Waals surface area (Å²) in [6.07, 6.45) is 3.20. The number of aromatic nitrogens is 3. The van der Waals surface area contributed by atoms with Crippen LogP contribution in [0.4, 0.5) is 0 Å². The van der Waals surface area contributed by atoms with E-state index in [1.807, 2.05) is 13.0 Å². The number of hydrogen-bond acceptors (Lipinski definition) is 6. The zero-order chi connectivity index (χ0) is 17.4. The maximum Gasteiger partial charge on any atom is 0.342 e. The van der Waals surface area contributed by atoms with Gasteiger partial charge in [0.2, 0.25) is 5.16 Å². The fourth-order valence-corrected chi connectivity index (χ4v) is 2.59. The SMILES string of the molecule is CCCc1nc(S/C(=C\c2cccc(OCC#N)c2)C(=O)O)n[nH]1. The van der Waals surface area contributed by atoms with Gasteiger partial charge in [-0.05, 0) is 42.0 Å². The quantitative estimate of drug-likeness (QED) is 0.559. The van der Waals surface area contributed by atoms with Gasteiger partial charge in [-0.3, -0.25) is 5.10 Å². The second-order valence-corrected chi connectivity index (χ2v) is 5.76. The van der Waals surface area contributed by atoms with Gasteiger partial charge in [0.25, 0.3) is 0 Å². The van der Waals surface area contributed by atoms with Crippen LogP contribution in [0.3, 0.4) is 0 Å². The number of carbonyl (C=O) groups is 1. The van der Waals surface area contributed by atoms with Crippen LogP contribution in [0.5, 0.6) is 5.75 Å². The second kappa shape index (κ2) is 8.74. The first-order valence-corrected chi connectivity index (χ1v) is 8.08. The van der Waals surface area contributed by atoms with Crippen LogP contribution in [0.2, 0.25) is 0 Å². The van der Waals surface area contributed by atoms with Crippen LogP contribution in [0, 0.1) is 11.3 Å². The van der Waals surface area contributed by atoms with Gasteiger partial charge in [-0.15, -0.1) is 5.10 Å². The largest absolute Gasteiger partial charge is 0.479 e. The smallest absolute Gasteiger partial charge is 0.342 e. The predicted octanol–water partition coefficient (Wildman–Crippen LogP) is 2.88. The number of carboxylic acid groups (broad SMARTS) is 1. The Balaban J connectivity index is 2.18. The molecule has 0 aliphatic carbocycles. The maximum absolute atomic E-state index is 11.5. The van der Waals surface area contributed by atoms with Crippen molar-refractivity contribution in [2.45, 2.75) is 24.9 Å². The van der Waals surface area contributed by atoms with Gasteiger partial charge in [0.1, 0.15) is 22.5 Å². The molecule has 1 aromatic heterocycles. The van der Waals surface area contributed by atoms with Gasteiger partial charge in [-0.2, -0.15) is 5.26 Å². The van der Waals surface area contributed by atoms with Gasteiger partial charge in [0.15, 0.2) is 6.61 Å². The number of aryl methyl sites for hydroxylation is 1. The van der Waals surface area contributed by atoms with E-state index < -0.39 is 5.97 Å². The van der Waals surface area contributed by atoms with E-state index >= 15 is 0 Å². The predicted molar refractivity (Wildman–Crippen MR) is 89.4 cm³/mol. The first kappa shape index (κ1) is 17.6. The van der Waals surface area contributed by atoms with Crippen molar-refractivity contribution in [2.24, 2.45) is 0 Å². The Kier molecular flexibility index (Phi) is 6.40. The average molecular weight is 344 g/mol. The van der Waals surface area contributed by atoms with E-state index in [1.165, 1.54) is 6.08 Å². The van der Waals surface area contributed by atoms with E-state index in [2.05, 4.69) is 15.2 Å². The van der Waals surface area contributed by atoms with Crippen molar-refractivity contribution < 1.29 is 14.6 Å². The Morgan fingerprint density at radius 1 is 1.54 bits per heavy atom. The number of benzene rings is 1. The number of rotatable bonds is 8. The van der Waals surface area contributed by atoms with Crippen molar-refractivity contribution in [1.82, 2.24) is 15.2 Å². The number of thioether (sulfide) groups is 1. The molecule has 2 rings (SSSR count). The first-order chi connectivity index (χ1) is 11.6. The number of carboxylic acids is 1. The monoisotopic (exact) mass is 344 g/mol. The summed E-state index contributed by atoms with van der Waals surface area (Å²) in [6.45, 7) is 1.96. The van der Waals surface area contributed by atoms with Crippen LogP contribution in [0.15, 0.2) is 34.3 Å². The molecule has 2 N–H and O–H groups in total. The number of nitriles is 1. The lowest BCUT2D eigenvalue weighted by Crippen LogP contribution is -1.98. The zero-order valence-electron chi connectivity index (χ0n) is 13.0. The number of nitrogens with one attached hydrogen (secondary N) is 1. The highest BCUT2D eigenvalue weighted by atomic mass is 32.2. The molecule has 0 atom stereocenters. The topological polar surface area (TPSA) is 112 Å². The summed E-state index contributed by atoms with van der Waals surface area (Å²) in [5, 5.41) is 25.1. The normalized spacial score (nSPS) is 11.1. The molecule has 124 valence electrons. The highest BCUT2D eigenvalue weighted by molar-refractivity contribution is 8.04. The summed E-state index contributed by atoms with van der Waals surface area (Å²) < 4.78 is 5.21. The summed E-state index contributed by atoms with van der Waals surface area (Å²) in [5.41, 5.74) is 0.652. The maximum atomic E-state index is 11.5. The minimum absolute atomic E-state index is 0.0644. The molecule has 7 nitrogen and oxygen atoms in total. The summed E-state index contributed by atoms with van der Waals surface area (Å²) in [7, 11) is 0. The molecule has 1 aromatic carbocycles. The minimum Gasteiger partial charge on any atom is -0.479 e. The summed E-state index contributed by atoms with van der Waals surface area (Å²) in [5.74, 6) is 0.171. The molecule has 2 aromatic rings. The van der Waals surface area contributed by atoms with E-state index in [1.54, 1.807) is 24.3 Å². The fourth-order valence-electron chi connectivity index (χ4n) is 1.87. The minimum atomic E-state index is -1.06. The van der Waals surface area contributed by atoms with Gasteiger partial charge >= 0.3 is 5.97 Å². The van der Waals surface area contributed by atoms with Crippen LogP contribution in [0.1, 0.15) is 24.7 Å². The Bertz CT molecular complexity index is 780. The third-order valence-electron chi connectivity index (χ3n) is 2.87. The lowest BCUT2D eigenvalue weighted by atomic mass is 10.2. The van der Waals surface area contributed by atoms with E-state index in [0.717, 1.165) is 30.4 Å². The zero-order valence-corrected chi connectivity index (χ0v) is 13.8. The molecule has 0 aliphatic rings. The Labute approximate surface area is 143 Å². The van der Waals surface area contributed by atoms with Gasteiger partial charge in [0.05, 0.1) is 0 Å². The Morgan fingerprint density at radius 2 is 2.38 bits per heavy atom. The Hall–Kier alpha value is -2.79. The summed E-state index contributed by atoms with van der Waals surface area (Å²) >= 11 is 0.977. The van der Waals surface area contributed by atoms with E-state index in [4.69, 9.17) is 10.00 Å². The van der Waals surface area contributed by atoms with Gasteiger partial charge in [-0.25, -0.2) is 9.78 Å². The molecule has 24 heavy (non-hydrogen) atoms. The van der Waals surface area contributed by atoms with Crippen molar-refractivity contribution in [1.29, 1.82) is 5.26 Å². The number of ether oxygens (including phenoxy) is 1. The molecule has 8 heteroatoms. The van der Waals surface area contributed by atoms with Crippen molar-refractivity contribution in [2.75, 3.05) is 6.61 Å². The standard InChI is InChI=1S/C16H16N4O3S/c1-2-4-14-18-16(20-19-14)24-13(15(21)22)10-11-5-3-6-12(9-11)23-8-7-17/h3,5-6,9-10H,2,4,8H2,1H3,(H,21,22)(H,18,19,20)/b13-10-. The van der Waals surface area contributed by atoms with E-state index in [9.17, 15) is 9.90 Å². The van der Waals surface area contributed by atoms with E-state index in [0.29, 0.717) is 16.5 Å². The number of nitrogens with zero attached hydrogens (tertiary/aromatic N) is 3. The lowest BCUT2D eigenvalue weighted by molar-refractivity contribution is -0.131. The molecule has 0 saturated carbocycles. The number of H-pyrrole nitrogens is 1. The van der Waals surface area contributed by atoms with Crippen LogP contribution in [-0.2, 0) is 11.2 Å². The third kappa shape index (κ3) is 5.14. The van der Waals surface area contributed by atoms with Gasteiger partial charge in [0, 0.05) is 6.42 Å². The molecule has 0 radical (unpaired) electrons. The molecule has 0 bridgehead atoms. The second-order valence-electron chi connectivity index (χ2n) is 4.75. The fraction of sp³-hybridized carbons (Fsp3) is 0.250. The Morgan fingerprint density at radius 3 is 3.08 bits per heavy atom. The molecule has 0 unspecified atom stereocenters. The lowest BCUT2D eigenvalue weighted by Gasteiger charge is -2.03. The molecule has 0 saturated heterocycles. The van der Waals surface area contributed by atoms with Crippen LogP contribution >= 0.6 is 11.8 Å². The van der Waals surface area contributed by atoms with Crippen molar-refractivity contribution in [3.63, 3.8) is 0 Å². The molecular formula is C16H16N4O3S.